The first kappa shape index (κ1) is 18.4. The maximum atomic E-state index is 13.9. The molecular formula is C21H21FN4O2. The van der Waals surface area contributed by atoms with Crippen LogP contribution in [0.3, 0.4) is 0 Å². The molecule has 0 aliphatic carbocycles. The zero-order valence-corrected chi connectivity index (χ0v) is 15.6. The third-order valence-corrected chi connectivity index (χ3v) is 5.64. The van der Waals surface area contributed by atoms with Crippen LogP contribution in [0.1, 0.15) is 17.2 Å². The third kappa shape index (κ3) is 3.32. The first-order valence-electron chi connectivity index (χ1n) is 9.25. The number of benzene rings is 1. The molecule has 2 aliphatic heterocycles. The summed E-state index contributed by atoms with van der Waals surface area (Å²) in [7, 11) is 1.50. The fourth-order valence-corrected chi connectivity index (χ4v) is 4.45. The summed E-state index contributed by atoms with van der Waals surface area (Å²) in [5.41, 5.74) is 1.34. The molecule has 0 N–H and O–H groups in total. The highest BCUT2D eigenvalue weighted by molar-refractivity contribution is 5.78. The number of methoxy groups -OCH3 is 1. The molecule has 3 atom stereocenters. The van der Waals surface area contributed by atoms with Crippen LogP contribution >= 0.6 is 0 Å². The summed E-state index contributed by atoms with van der Waals surface area (Å²) in [6, 6.07) is 12.0. The van der Waals surface area contributed by atoms with E-state index in [4.69, 9.17) is 10.00 Å². The number of rotatable bonds is 4. The minimum absolute atomic E-state index is 0.0200. The summed E-state index contributed by atoms with van der Waals surface area (Å²) in [6.07, 6.45) is 1.57. The maximum absolute atomic E-state index is 13.9. The molecule has 0 saturated carbocycles. The highest BCUT2D eigenvalue weighted by Crippen LogP contribution is 2.45. The van der Waals surface area contributed by atoms with E-state index in [-0.39, 0.29) is 36.2 Å². The Morgan fingerprint density at radius 2 is 2.18 bits per heavy atom. The van der Waals surface area contributed by atoms with Crippen LogP contribution in [0, 0.1) is 29.0 Å². The lowest BCUT2D eigenvalue weighted by Gasteiger charge is -2.30. The molecule has 2 aromatic rings. The van der Waals surface area contributed by atoms with Gasteiger partial charge in [-0.15, -0.1) is 0 Å². The van der Waals surface area contributed by atoms with Gasteiger partial charge in [-0.1, -0.05) is 12.1 Å². The van der Waals surface area contributed by atoms with E-state index < -0.39 is 0 Å². The Morgan fingerprint density at radius 1 is 1.32 bits per heavy atom. The van der Waals surface area contributed by atoms with Gasteiger partial charge >= 0.3 is 0 Å². The monoisotopic (exact) mass is 380 g/mol. The van der Waals surface area contributed by atoms with Crippen LogP contribution in [0.25, 0.3) is 0 Å². The van der Waals surface area contributed by atoms with Gasteiger partial charge in [-0.3, -0.25) is 4.79 Å². The first-order valence-corrected chi connectivity index (χ1v) is 9.25. The zero-order valence-electron chi connectivity index (χ0n) is 15.6. The second-order valence-corrected chi connectivity index (χ2v) is 7.32. The topological polar surface area (TPSA) is 69.5 Å². The molecule has 6 nitrogen and oxygen atoms in total. The predicted octanol–water partition coefficient (Wildman–Crippen LogP) is 2.37. The summed E-state index contributed by atoms with van der Waals surface area (Å²) in [5.74, 6) is 0.894. The lowest BCUT2D eigenvalue weighted by Crippen LogP contribution is -2.37. The summed E-state index contributed by atoms with van der Waals surface area (Å²) >= 11 is 0. The van der Waals surface area contributed by atoms with Crippen LogP contribution in [0.4, 0.5) is 10.2 Å². The van der Waals surface area contributed by atoms with Crippen molar-refractivity contribution in [2.75, 3.05) is 38.3 Å². The molecule has 2 aliphatic rings. The quantitative estimate of drug-likeness (QED) is 0.815. The van der Waals surface area contributed by atoms with Crippen LogP contribution in [0.5, 0.6) is 0 Å². The molecular weight excluding hydrogens is 359 g/mol. The number of amides is 1. The number of fused-ring (bicyclic) bond motifs is 1. The fraction of sp³-hybridized carbons (Fsp3) is 0.381. The van der Waals surface area contributed by atoms with Gasteiger partial charge in [-0.05, 0) is 29.8 Å². The number of hydrogen-bond acceptors (Lipinski definition) is 5. The Labute approximate surface area is 163 Å². The van der Waals surface area contributed by atoms with E-state index >= 15 is 0 Å². The van der Waals surface area contributed by atoms with Gasteiger partial charge in [-0.25, -0.2) is 9.37 Å². The summed E-state index contributed by atoms with van der Waals surface area (Å²) in [4.78, 5) is 21.0. The Kier molecular flexibility index (Phi) is 4.97. The van der Waals surface area contributed by atoms with Gasteiger partial charge < -0.3 is 14.5 Å². The van der Waals surface area contributed by atoms with E-state index in [1.54, 1.807) is 18.3 Å². The molecule has 1 aromatic carbocycles. The number of nitrogens with zero attached hydrogens (tertiary/aromatic N) is 4. The van der Waals surface area contributed by atoms with Crippen molar-refractivity contribution in [2.45, 2.75) is 6.04 Å². The van der Waals surface area contributed by atoms with Crippen LogP contribution in [0.2, 0.25) is 0 Å². The van der Waals surface area contributed by atoms with Gasteiger partial charge in [0.2, 0.25) is 5.91 Å². The second kappa shape index (κ2) is 7.56. The SMILES string of the molecule is COCC(=O)N1C[C@H]2CN(c3ccc(C#N)cn3)C[C@H]2[C@@H]1c1cccc(F)c1. The smallest absolute Gasteiger partial charge is 0.249 e. The summed E-state index contributed by atoms with van der Waals surface area (Å²) < 4.78 is 18.9. The van der Waals surface area contributed by atoms with E-state index in [0.717, 1.165) is 24.5 Å². The predicted molar refractivity (Wildman–Crippen MR) is 101 cm³/mol. The molecule has 7 heteroatoms. The summed E-state index contributed by atoms with van der Waals surface area (Å²) in [5, 5.41) is 8.95. The summed E-state index contributed by atoms with van der Waals surface area (Å²) in [6.45, 7) is 2.13. The van der Waals surface area contributed by atoms with Crippen molar-refractivity contribution in [3.63, 3.8) is 0 Å². The van der Waals surface area contributed by atoms with Crippen LogP contribution in [-0.2, 0) is 9.53 Å². The van der Waals surface area contributed by atoms with Gasteiger partial charge in [-0.2, -0.15) is 5.26 Å². The Balaban J connectivity index is 1.61. The normalized spacial score (nSPS) is 23.5. The standard InChI is InChI=1S/C21H21FN4O2/c1-28-13-20(27)26-11-16-10-25(19-6-5-14(8-23)9-24-19)12-18(16)21(26)15-3-2-4-17(22)7-15/h2-7,9,16,18,21H,10-13H2,1H3/t16-,18-,21+/m1/s1. The molecule has 1 aromatic heterocycles. The van der Waals surface area contributed by atoms with Crippen LogP contribution in [-0.4, -0.2) is 49.1 Å². The van der Waals surface area contributed by atoms with E-state index in [2.05, 4.69) is 16.0 Å². The fourth-order valence-electron chi connectivity index (χ4n) is 4.45. The molecule has 0 radical (unpaired) electrons. The van der Waals surface area contributed by atoms with Gasteiger partial charge in [0, 0.05) is 44.8 Å². The Bertz CT molecular complexity index is 911. The number of hydrogen-bond donors (Lipinski definition) is 0. The average Bonchev–Trinajstić information content (AvgIpc) is 3.26. The van der Waals surface area contributed by atoms with Crippen molar-refractivity contribution in [3.05, 3.63) is 59.5 Å². The van der Waals surface area contributed by atoms with E-state index in [1.807, 2.05) is 17.0 Å². The lowest BCUT2D eigenvalue weighted by molar-refractivity contribution is -0.136. The molecule has 3 heterocycles. The highest BCUT2D eigenvalue weighted by atomic mass is 19.1. The van der Waals surface area contributed by atoms with Crippen molar-refractivity contribution < 1.29 is 13.9 Å². The van der Waals surface area contributed by atoms with Gasteiger partial charge in [0.05, 0.1) is 11.6 Å². The lowest BCUT2D eigenvalue weighted by atomic mass is 9.89. The van der Waals surface area contributed by atoms with Gasteiger partial charge in [0.1, 0.15) is 24.3 Å². The number of halogens is 1. The average molecular weight is 380 g/mol. The largest absolute Gasteiger partial charge is 0.375 e. The van der Waals surface area contributed by atoms with Crippen LogP contribution in [0.15, 0.2) is 42.6 Å². The number of pyridine rings is 1. The van der Waals surface area contributed by atoms with Crippen molar-refractivity contribution in [1.29, 1.82) is 5.26 Å². The van der Waals surface area contributed by atoms with Gasteiger partial charge in [0.15, 0.2) is 0 Å². The number of carbonyl (C=O) groups is 1. The van der Waals surface area contributed by atoms with Gasteiger partial charge in [0.25, 0.3) is 0 Å². The molecule has 2 saturated heterocycles. The Morgan fingerprint density at radius 3 is 2.86 bits per heavy atom. The molecule has 0 bridgehead atoms. The Hall–Kier alpha value is -2.98. The third-order valence-electron chi connectivity index (χ3n) is 5.64. The molecule has 0 spiro atoms. The second-order valence-electron chi connectivity index (χ2n) is 7.32. The van der Waals surface area contributed by atoms with Crippen molar-refractivity contribution in [2.24, 2.45) is 11.8 Å². The highest BCUT2D eigenvalue weighted by Gasteiger charge is 2.49. The molecule has 0 unspecified atom stereocenters. The molecule has 1 amide bonds. The number of likely N-dealkylation sites (tertiary alicyclic amines) is 1. The number of carbonyl (C=O) groups excluding carboxylic acids is 1. The van der Waals surface area contributed by atoms with E-state index in [0.29, 0.717) is 12.1 Å². The van der Waals surface area contributed by atoms with Crippen molar-refractivity contribution >= 4 is 11.7 Å². The number of nitriles is 1. The zero-order chi connectivity index (χ0) is 19.7. The maximum Gasteiger partial charge on any atom is 0.249 e. The molecule has 144 valence electrons. The van der Waals surface area contributed by atoms with E-state index in [1.165, 1.54) is 19.2 Å². The minimum Gasteiger partial charge on any atom is -0.375 e. The van der Waals surface area contributed by atoms with E-state index in [9.17, 15) is 9.18 Å². The molecule has 2 fully saturated rings. The molecule has 28 heavy (non-hydrogen) atoms. The van der Waals surface area contributed by atoms with Crippen molar-refractivity contribution in [3.8, 4) is 6.07 Å². The number of anilines is 1. The van der Waals surface area contributed by atoms with Crippen LogP contribution < -0.4 is 4.90 Å². The number of ether oxygens (including phenoxy) is 1. The number of aromatic nitrogens is 1. The first-order chi connectivity index (χ1) is 13.6. The minimum atomic E-state index is -0.302. The molecule has 4 rings (SSSR count). The van der Waals surface area contributed by atoms with Crippen molar-refractivity contribution in [1.82, 2.24) is 9.88 Å².